The predicted molar refractivity (Wildman–Crippen MR) is 83.1 cm³/mol. The molecule has 1 fully saturated rings. The topological polar surface area (TPSA) is 41.7 Å². The molecule has 0 saturated carbocycles. The Morgan fingerprint density at radius 3 is 2.75 bits per heavy atom. The molecule has 1 aromatic carbocycles. The van der Waals surface area contributed by atoms with E-state index in [1.54, 1.807) is 0 Å². The van der Waals surface area contributed by atoms with Gasteiger partial charge >= 0.3 is 0 Å². The molecule has 20 heavy (non-hydrogen) atoms. The number of rotatable bonds is 5. The summed E-state index contributed by atoms with van der Waals surface area (Å²) in [5.41, 5.74) is 7.29. The molecular weight excluding hydrogens is 250 g/mol. The van der Waals surface area contributed by atoms with Crippen molar-refractivity contribution in [2.75, 3.05) is 39.8 Å². The highest BCUT2D eigenvalue weighted by molar-refractivity contribution is 5.36. The molecule has 2 N–H and O–H groups in total. The van der Waals surface area contributed by atoms with Crippen molar-refractivity contribution in [2.24, 2.45) is 5.73 Å². The molecule has 1 aliphatic rings. The van der Waals surface area contributed by atoms with Gasteiger partial charge in [-0.05, 0) is 27.0 Å². The molecular formula is C16H27N3O. The van der Waals surface area contributed by atoms with E-state index in [0.717, 1.165) is 25.4 Å². The molecule has 0 bridgehead atoms. The molecule has 0 aromatic heterocycles. The summed E-state index contributed by atoms with van der Waals surface area (Å²) in [6.07, 6.45) is 0. The van der Waals surface area contributed by atoms with Crippen molar-refractivity contribution in [3.05, 3.63) is 29.8 Å². The van der Waals surface area contributed by atoms with Crippen molar-refractivity contribution in [2.45, 2.75) is 25.9 Å². The number of piperazine rings is 1. The quantitative estimate of drug-likeness (QED) is 0.890. The molecule has 0 spiro atoms. The maximum absolute atomic E-state index is 6.07. The Kier molecular flexibility index (Phi) is 5.40. The highest BCUT2D eigenvalue weighted by Gasteiger charge is 2.28. The summed E-state index contributed by atoms with van der Waals surface area (Å²) in [5, 5.41) is 0. The lowest BCUT2D eigenvalue weighted by atomic mass is 10.0. The third kappa shape index (κ3) is 3.32. The largest absolute Gasteiger partial charge is 0.494 e. The van der Waals surface area contributed by atoms with Crippen LogP contribution in [0.4, 0.5) is 0 Å². The minimum absolute atomic E-state index is 0.244. The second-order valence-corrected chi connectivity index (χ2v) is 5.55. The number of para-hydroxylation sites is 1. The lowest BCUT2D eigenvalue weighted by Gasteiger charge is -2.41. The van der Waals surface area contributed by atoms with Crippen LogP contribution in [-0.4, -0.2) is 55.7 Å². The van der Waals surface area contributed by atoms with Crippen LogP contribution >= 0.6 is 0 Å². The summed E-state index contributed by atoms with van der Waals surface area (Å²) in [6, 6.07) is 9.09. The van der Waals surface area contributed by atoms with Crippen LogP contribution in [0.3, 0.4) is 0 Å². The summed E-state index contributed by atoms with van der Waals surface area (Å²) in [4.78, 5) is 4.89. The SMILES string of the molecule is CCOc1ccccc1C(CN)N1CCN(C)C(C)C1. The van der Waals surface area contributed by atoms with Gasteiger partial charge in [-0.3, -0.25) is 4.90 Å². The molecule has 1 saturated heterocycles. The van der Waals surface area contributed by atoms with E-state index < -0.39 is 0 Å². The van der Waals surface area contributed by atoms with Crippen molar-refractivity contribution in [1.82, 2.24) is 9.80 Å². The zero-order valence-electron chi connectivity index (χ0n) is 12.9. The van der Waals surface area contributed by atoms with Crippen molar-refractivity contribution >= 4 is 0 Å². The molecule has 2 unspecified atom stereocenters. The summed E-state index contributed by atoms with van der Waals surface area (Å²) in [6.45, 7) is 8.81. The smallest absolute Gasteiger partial charge is 0.124 e. The first-order valence-corrected chi connectivity index (χ1v) is 7.53. The van der Waals surface area contributed by atoms with Crippen LogP contribution < -0.4 is 10.5 Å². The van der Waals surface area contributed by atoms with Crippen LogP contribution in [0.1, 0.15) is 25.5 Å². The van der Waals surface area contributed by atoms with E-state index in [2.05, 4.69) is 35.9 Å². The molecule has 4 nitrogen and oxygen atoms in total. The zero-order valence-corrected chi connectivity index (χ0v) is 12.9. The summed E-state index contributed by atoms with van der Waals surface area (Å²) >= 11 is 0. The second-order valence-electron chi connectivity index (χ2n) is 5.55. The van der Waals surface area contributed by atoms with Crippen LogP contribution in [0.2, 0.25) is 0 Å². The molecule has 1 heterocycles. The lowest BCUT2D eigenvalue weighted by Crippen LogP contribution is -2.52. The molecule has 1 aliphatic heterocycles. The van der Waals surface area contributed by atoms with Crippen molar-refractivity contribution in [1.29, 1.82) is 0 Å². The maximum atomic E-state index is 6.07. The number of ether oxygens (including phenoxy) is 1. The van der Waals surface area contributed by atoms with Crippen LogP contribution in [0.5, 0.6) is 5.75 Å². The van der Waals surface area contributed by atoms with Crippen LogP contribution in [0.15, 0.2) is 24.3 Å². The van der Waals surface area contributed by atoms with Gasteiger partial charge in [0.2, 0.25) is 0 Å². The molecule has 0 aliphatic carbocycles. The number of nitrogens with zero attached hydrogens (tertiary/aromatic N) is 2. The van der Waals surface area contributed by atoms with Gasteiger partial charge < -0.3 is 15.4 Å². The normalized spacial score (nSPS) is 22.7. The van der Waals surface area contributed by atoms with E-state index in [4.69, 9.17) is 10.5 Å². The summed E-state index contributed by atoms with van der Waals surface area (Å²) in [7, 11) is 2.19. The molecule has 0 radical (unpaired) electrons. The van der Waals surface area contributed by atoms with Gasteiger partial charge in [0.25, 0.3) is 0 Å². The summed E-state index contributed by atoms with van der Waals surface area (Å²) in [5.74, 6) is 0.969. The van der Waals surface area contributed by atoms with Gasteiger partial charge in [-0.15, -0.1) is 0 Å². The lowest BCUT2D eigenvalue weighted by molar-refractivity contribution is 0.0730. The molecule has 112 valence electrons. The Morgan fingerprint density at radius 2 is 2.10 bits per heavy atom. The first-order valence-electron chi connectivity index (χ1n) is 7.53. The van der Waals surface area contributed by atoms with Gasteiger partial charge in [0.1, 0.15) is 5.75 Å². The first kappa shape index (κ1) is 15.3. The minimum atomic E-state index is 0.244. The second kappa shape index (κ2) is 7.07. The van der Waals surface area contributed by atoms with Gasteiger partial charge in [-0.25, -0.2) is 0 Å². The van der Waals surface area contributed by atoms with E-state index in [-0.39, 0.29) is 6.04 Å². The molecule has 2 atom stereocenters. The van der Waals surface area contributed by atoms with Crippen LogP contribution in [0, 0.1) is 0 Å². The highest BCUT2D eigenvalue weighted by atomic mass is 16.5. The third-order valence-electron chi connectivity index (χ3n) is 4.23. The summed E-state index contributed by atoms with van der Waals surface area (Å²) < 4.78 is 5.77. The average Bonchev–Trinajstić information content (AvgIpc) is 2.45. The number of hydrogen-bond acceptors (Lipinski definition) is 4. The van der Waals surface area contributed by atoms with E-state index in [0.29, 0.717) is 19.2 Å². The van der Waals surface area contributed by atoms with Gasteiger partial charge in [0, 0.05) is 37.8 Å². The maximum Gasteiger partial charge on any atom is 0.124 e. The predicted octanol–water partition coefficient (Wildman–Crippen LogP) is 1.72. The van der Waals surface area contributed by atoms with Crippen LogP contribution in [0.25, 0.3) is 0 Å². The third-order valence-corrected chi connectivity index (χ3v) is 4.23. The Labute approximate surface area is 122 Å². The van der Waals surface area contributed by atoms with E-state index in [1.165, 1.54) is 5.56 Å². The highest BCUT2D eigenvalue weighted by Crippen LogP contribution is 2.30. The number of hydrogen-bond donors (Lipinski definition) is 1. The van der Waals surface area contributed by atoms with Gasteiger partial charge in [-0.2, -0.15) is 0 Å². The average molecular weight is 277 g/mol. The molecule has 4 heteroatoms. The number of likely N-dealkylation sites (N-methyl/N-ethyl adjacent to an activating group) is 1. The number of nitrogens with two attached hydrogens (primary N) is 1. The standard InChI is InChI=1S/C16H27N3O/c1-4-20-16-8-6-5-7-14(16)15(11-17)19-10-9-18(3)13(2)12-19/h5-8,13,15H,4,9-12,17H2,1-3H3. The van der Waals surface area contributed by atoms with Crippen LogP contribution in [-0.2, 0) is 0 Å². The van der Waals surface area contributed by atoms with Gasteiger partial charge in [0.15, 0.2) is 0 Å². The Morgan fingerprint density at radius 1 is 1.35 bits per heavy atom. The van der Waals surface area contributed by atoms with Crippen molar-refractivity contribution in [3.63, 3.8) is 0 Å². The molecule has 0 amide bonds. The zero-order chi connectivity index (χ0) is 14.5. The fourth-order valence-electron chi connectivity index (χ4n) is 2.88. The number of benzene rings is 1. The van der Waals surface area contributed by atoms with E-state index in [1.807, 2.05) is 19.1 Å². The van der Waals surface area contributed by atoms with E-state index in [9.17, 15) is 0 Å². The van der Waals surface area contributed by atoms with Gasteiger partial charge in [0.05, 0.1) is 12.6 Å². The Hall–Kier alpha value is -1.10. The van der Waals surface area contributed by atoms with Gasteiger partial charge in [-0.1, -0.05) is 18.2 Å². The monoisotopic (exact) mass is 277 g/mol. The Bertz CT molecular complexity index is 424. The minimum Gasteiger partial charge on any atom is -0.494 e. The van der Waals surface area contributed by atoms with Crippen molar-refractivity contribution in [3.8, 4) is 5.75 Å². The fourth-order valence-corrected chi connectivity index (χ4v) is 2.88. The molecule has 1 aromatic rings. The van der Waals surface area contributed by atoms with E-state index >= 15 is 0 Å². The molecule has 2 rings (SSSR count). The Balaban J connectivity index is 2.19. The fraction of sp³-hybridized carbons (Fsp3) is 0.625. The van der Waals surface area contributed by atoms with Crippen molar-refractivity contribution < 1.29 is 4.74 Å². The first-order chi connectivity index (χ1) is 9.67.